The van der Waals surface area contributed by atoms with Crippen LogP contribution in [0.5, 0.6) is 0 Å². The molecule has 0 aromatic heterocycles. The number of rotatable bonds is 1. The van der Waals surface area contributed by atoms with E-state index in [2.05, 4.69) is 0 Å². The summed E-state index contributed by atoms with van der Waals surface area (Å²) in [5, 5.41) is 17.5. The van der Waals surface area contributed by atoms with Crippen LogP contribution in [0, 0.1) is 5.92 Å². The quantitative estimate of drug-likeness (QED) is 0.546. The lowest BCUT2D eigenvalue weighted by atomic mass is 9.98. The van der Waals surface area contributed by atoms with Crippen LogP contribution in [0.15, 0.2) is 24.3 Å². The lowest BCUT2D eigenvalue weighted by molar-refractivity contribution is -0.142. The second-order valence-corrected chi connectivity index (χ2v) is 2.12. The van der Waals surface area contributed by atoms with Crippen LogP contribution in [0.3, 0.4) is 0 Å². The van der Waals surface area contributed by atoms with Crippen molar-refractivity contribution >= 4 is 5.97 Å². The molecule has 0 saturated heterocycles. The zero-order chi connectivity index (χ0) is 7.56. The number of carbonyl (C=O) groups is 1. The Morgan fingerprint density at radius 2 is 1.90 bits per heavy atom. The summed E-state index contributed by atoms with van der Waals surface area (Å²) in [6.07, 6.45) is 5.30. The van der Waals surface area contributed by atoms with Crippen LogP contribution >= 0.6 is 0 Å². The molecule has 2 unspecified atom stereocenters. The average molecular weight is 140 g/mol. The molecule has 1 rings (SSSR count). The van der Waals surface area contributed by atoms with Crippen molar-refractivity contribution in [1.82, 2.24) is 0 Å². The Hall–Kier alpha value is -1.09. The molecular formula is C7H8O3. The third-order valence-corrected chi connectivity index (χ3v) is 1.39. The van der Waals surface area contributed by atoms with Crippen LogP contribution in [0.4, 0.5) is 0 Å². The van der Waals surface area contributed by atoms with Gasteiger partial charge in [-0.25, -0.2) is 0 Å². The van der Waals surface area contributed by atoms with E-state index in [1.165, 1.54) is 12.2 Å². The maximum atomic E-state index is 10.3. The first-order valence-electron chi connectivity index (χ1n) is 2.97. The highest BCUT2D eigenvalue weighted by molar-refractivity contribution is 5.73. The Labute approximate surface area is 58.3 Å². The molecule has 2 N–H and O–H groups in total. The molecule has 0 bridgehead atoms. The molecule has 0 aromatic carbocycles. The summed E-state index contributed by atoms with van der Waals surface area (Å²) in [5.41, 5.74) is 0. The van der Waals surface area contributed by atoms with Crippen molar-refractivity contribution in [3.63, 3.8) is 0 Å². The first-order valence-corrected chi connectivity index (χ1v) is 2.97. The summed E-state index contributed by atoms with van der Waals surface area (Å²) in [5.74, 6) is -1.77. The Balaban J connectivity index is 2.70. The average Bonchev–Trinajstić information content (AvgIpc) is 1.88. The fraction of sp³-hybridized carbons (Fsp3) is 0.286. The number of allylic oxidation sites excluding steroid dienone is 2. The lowest BCUT2D eigenvalue weighted by Crippen LogP contribution is -2.25. The van der Waals surface area contributed by atoms with Gasteiger partial charge in [-0.15, -0.1) is 0 Å². The molecule has 2 atom stereocenters. The van der Waals surface area contributed by atoms with Gasteiger partial charge < -0.3 is 10.2 Å². The predicted molar refractivity (Wildman–Crippen MR) is 35.4 cm³/mol. The summed E-state index contributed by atoms with van der Waals surface area (Å²) in [6, 6.07) is 0. The molecule has 10 heavy (non-hydrogen) atoms. The largest absolute Gasteiger partial charge is 0.481 e. The van der Waals surface area contributed by atoms with Crippen molar-refractivity contribution in [3.8, 4) is 0 Å². The molecule has 0 spiro atoms. The minimum Gasteiger partial charge on any atom is -0.481 e. The maximum absolute atomic E-state index is 10.3. The van der Waals surface area contributed by atoms with Gasteiger partial charge in [-0.3, -0.25) is 4.79 Å². The minimum absolute atomic E-state index is 0.773. The standard InChI is InChI=1S/C7H8O3/c8-6-4-2-1-3-5(6)7(9)10/h1-6,8H,(H,9,10). The van der Waals surface area contributed by atoms with Gasteiger partial charge in [0, 0.05) is 0 Å². The zero-order valence-electron chi connectivity index (χ0n) is 5.27. The first kappa shape index (κ1) is 7.02. The zero-order valence-corrected chi connectivity index (χ0v) is 5.27. The number of carboxylic acid groups (broad SMARTS) is 1. The van der Waals surface area contributed by atoms with Gasteiger partial charge in [-0.1, -0.05) is 24.3 Å². The number of aliphatic carboxylic acids is 1. The highest BCUT2D eigenvalue weighted by Gasteiger charge is 2.22. The predicted octanol–water partition coefficient (Wildman–Crippen LogP) is 0.174. The maximum Gasteiger partial charge on any atom is 0.313 e. The van der Waals surface area contributed by atoms with Crippen LogP contribution < -0.4 is 0 Å². The van der Waals surface area contributed by atoms with Gasteiger partial charge in [0.1, 0.15) is 5.92 Å². The highest BCUT2D eigenvalue weighted by Crippen LogP contribution is 2.11. The number of carboxylic acids is 1. The third kappa shape index (κ3) is 1.25. The molecule has 1 aliphatic carbocycles. The molecule has 0 aliphatic heterocycles. The van der Waals surface area contributed by atoms with Crippen LogP contribution in [-0.2, 0) is 4.79 Å². The second kappa shape index (κ2) is 2.66. The summed E-state index contributed by atoms with van der Waals surface area (Å²) < 4.78 is 0. The van der Waals surface area contributed by atoms with E-state index in [-0.39, 0.29) is 0 Å². The summed E-state index contributed by atoms with van der Waals surface area (Å²) in [7, 11) is 0. The van der Waals surface area contributed by atoms with Gasteiger partial charge in [0.15, 0.2) is 0 Å². The van der Waals surface area contributed by atoms with E-state index in [1.54, 1.807) is 12.2 Å². The van der Waals surface area contributed by atoms with Gasteiger partial charge in [-0.2, -0.15) is 0 Å². The van der Waals surface area contributed by atoms with Gasteiger partial charge in [0.2, 0.25) is 0 Å². The van der Waals surface area contributed by atoms with Crippen molar-refractivity contribution < 1.29 is 15.0 Å². The third-order valence-electron chi connectivity index (χ3n) is 1.39. The van der Waals surface area contributed by atoms with Gasteiger partial charge in [0.05, 0.1) is 6.10 Å². The van der Waals surface area contributed by atoms with Crippen molar-refractivity contribution in [2.75, 3.05) is 0 Å². The van der Waals surface area contributed by atoms with Crippen LogP contribution in [0.2, 0.25) is 0 Å². The molecule has 0 fully saturated rings. The molecule has 54 valence electrons. The molecule has 0 radical (unpaired) electrons. The number of aliphatic hydroxyl groups excluding tert-OH is 1. The van der Waals surface area contributed by atoms with Crippen molar-refractivity contribution in [2.24, 2.45) is 5.92 Å². The normalized spacial score (nSPS) is 30.5. The van der Waals surface area contributed by atoms with E-state index in [0.717, 1.165) is 0 Å². The van der Waals surface area contributed by atoms with E-state index < -0.39 is 18.0 Å². The van der Waals surface area contributed by atoms with E-state index in [4.69, 9.17) is 10.2 Å². The van der Waals surface area contributed by atoms with E-state index in [1.807, 2.05) is 0 Å². The Kier molecular flexibility index (Phi) is 1.87. The van der Waals surface area contributed by atoms with E-state index >= 15 is 0 Å². The fourth-order valence-corrected chi connectivity index (χ4v) is 0.824. The minimum atomic E-state index is -0.992. The smallest absolute Gasteiger partial charge is 0.313 e. The summed E-state index contributed by atoms with van der Waals surface area (Å²) in [4.78, 5) is 10.3. The van der Waals surface area contributed by atoms with Crippen LogP contribution in [-0.4, -0.2) is 22.3 Å². The Morgan fingerprint density at radius 3 is 2.30 bits per heavy atom. The summed E-state index contributed by atoms with van der Waals surface area (Å²) in [6.45, 7) is 0. The van der Waals surface area contributed by atoms with Gasteiger partial charge >= 0.3 is 5.97 Å². The van der Waals surface area contributed by atoms with E-state index in [9.17, 15) is 4.79 Å². The van der Waals surface area contributed by atoms with Gasteiger partial charge in [0.25, 0.3) is 0 Å². The van der Waals surface area contributed by atoms with Crippen molar-refractivity contribution in [3.05, 3.63) is 24.3 Å². The van der Waals surface area contributed by atoms with Crippen LogP contribution in [0.25, 0.3) is 0 Å². The molecular weight excluding hydrogens is 132 g/mol. The van der Waals surface area contributed by atoms with Crippen LogP contribution in [0.1, 0.15) is 0 Å². The van der Waals surface area contributed by atoms with E-state index in [0.29, 0.717) is 0 Å². The molecule has 3 nitrogen and oxygen atoms in total. The number of hydrogen-bond donors (Lipinski definition) is 2. The molecule has 0 heterocycles. The molecule has 0 aromatic rings. The summed E-state index contributed by atoms with van der Waals surface area (Å²) >= 11 is 0. The fourth-order valence-electron chi connectivity index (χ4n) is 0.824. The second-order valence-electron chi connectivity index (χ2n) is 2.12. The lowest BCUT2D eigenvalue weighted by Gasteiger charge is -2.13. The SMILES string of the molecule is O=C(O)C1C=CC=CC1O. The topological polar surface area (TPSA) is 57.5 Å². The van der Waals surface area contributed by atoms with Crippen molar-refractivity contribution in [1.29, 1.82) is 0 Å². The molecule has 0 amide bonds. The molecule has 0 saturated carbocycles. The van der Waals surface area contributed by atoms with Crippen molar-refractivity contribution in [2.45, 2.75) is 6.10 Å². The molecule has 3 heteroatoms. The highest BCUT2D eigenvalue weighted by atomic mass is 16.4. The Bertz CT molecular complexity index is 193. The monoisotopic (exact) mass is 140 g/mol. The number of hydrogen-bond acceptors (Lipinski definition) is 2. The first-order chi connectivity index (χ1) is 4.72. The Morgan fingerprint density at radius 1 is 1.30 bits per heavy atom. The van der Waals surface area contributed by atoms with Gasteiger partial charge in [-0.05, 0) is 0 Å². The number of aliphatic hydroxyl groups is 1. The molecule has 1 aliphatic rings.